The minimum absolute atomic E-state index is 0.0158. The van der Waals surface area contributed by atoms with Crippen LogP contribution in [0.4, 0.5) is 4.79 Å². The fourth-order valence-corrected chi connectivity index (χ4v) is 3.73. The van der Waals surface area contributed by atoms with Crippen LogP contribution in [0.15, 0.2) is 59.8 Å². The van der Waals surface area contributed by atoms with Gasteiger partial charge in [0.25, 0.3) is 0 Å². The van der Waals surface area contributed by atoms with Crippen molar-refractivity contribution in [3.8, 4) is 17.2 Å². The Morgan fingerprint density at radius 1 is 1.03 bits per heavy atom. The van der Waals surface area contributed by atoms with E-state index in [-0.39, 0.29) is 12.4 Å². The summed E-state index contributed by atoms with van der Waals surface area (Å²) >= 11 is 1.19. The number of imide groups is 1. The van der Waals surface area contributed by atoms with Gasteiger partial charge in [0, 0.05) is 12.2 Å². The lowest BCUT2D eigenvalue weighted by Crippen LogP contribution is -2.40. The van der Waals surface area contributed by atoms with Crippen molar-refractivity contribution in [2.24, 2.45) is 5.92 Å². The summed E-state index contributed by atoms with van der Waals surface area (Å²) in [7, 11) is 1.61. The van der Waals surface area contributed by atoms with E-state index in [1.165, 1.54) is 11.8 Å². The second-order valence-electron chi connectivity index (χ2n) is 7.81. The Balaban J connectivity index is 1.64. The van der Waals surface area contributed by atoms with Crippen molar-refractivity contribution in [3.05, 3.63) is 60.4 Å². The molecule has 1 heterocycles. The van der Waals surface area contributed by atoms with Gasteiger partial charge in [-0.25, -0.2) is 4.79 Å². The SMILES string of the molecule is COc1ccc(OCc2nnc(SCC(=O)NC(=O)NCCC(C)C)n2-c2ccccc2)cc1. The van der Waals surface area contributed by atoms with E-state index in [9.17, 15) is 9.59 Å². The zero-order chi connectivity index (χ0) is 24.3. The predicted molar refractivity (Wildman–Crippen MR) is 130 cm³/mol. The lowest BCUT2D eigenvalue weighted by Gasteiger charge is -2.11. The van der Waals surface area contributed by atoms with E-state index >= 15 is 0 Å². The van der Waals surface area contributed by atoms with Crippen LogP contribution in [-0.2, 0) is 11.4 Å². The highest BCUT2D eigenvalue weighted by atomic mass is 32.2. The van der Waals surface area contributed by atoms with Gasteiger partial charge in [-0.2, -0.15) is 0 Å². The average molecular weight is 484 g/mol. The van der Waals surface area contributed by atoms with Crippen molar-refractivity contribution in [1.82, 2.24) is 25.4 Å². The molecule has 0 spiro atoms. The first kappa shape index (κ1) is 25.1. The molecule has 0 fully saturated rings. The van der Waals surface area contributed by atoms with Gasteiger partial charge in [0.2, 0.25) is 5.91 Å². The van der Waals surface area contributed by atoms with Crippen molar-refractivity contribution in [2.75, 3.05) is 19.4 Å². The summed E-state index contributed by atoms with van der Waals surface area (Å²) in [5, 5.41) is 14.1. The first-order valence-electron chi connectivity index (χ1n) is 10.9. The molecule has 0 aliphatic carbocycles. The van der Waals surface area contributed by atoms with Crippen LogP contribution in [0.3, 0.4) is 0 Å². The Labute approximate surface area is 203 Å². The minimum atomic E-state index is -0.496. The number of hydrogen-bond acceptors (Lipinski definition) is 7. The van der Waals surface area contributed by atoms with Crippen LogP contribution in [0, 0.1) is 5.92 Å². The molecule has 0 bridgehead atoms. The summed E-state index contributed by atoms with van der Waals surface area (Å²) in [6.45, 7) is 4.84. The molecule has 34 heavy (non-hydrogen) atoms. The molecule has 2 N–H and O–H groups in total. The molecular formula is C24H29N5O4S. The van der Waals surface area contributed by atoms with Crippen LogP contribution in [-0.4, -0.2) is 46.1 Å². The molecule has 2 aromatic carbocycles. The summed E-state index contributed by atoms with van der Waals surface area (Å²) in [6.07, 6.45) is 0.845. The Morgan fingerprint density at radius 2 is 1.74 bits per heavy atom. The number of hydrogen-bond donors (Lipinski definition) is 2. The molecule has 3 aromatic rings. The smallest absolute Gasteiger partial charge is 0.321 e. The van der Waals surface area contributed by atoms with Gasteiger partial charge < -0.3 is 14.8 Å². The first-order chi connectivity index (χ1) is 16.5. The van der Waals surface area contributed by atoms with E-state index in [2.05, 4.69) is 34.7 Å². The maximum absolute atomic E-state index is 12.3. The average Bonchev–Trinajstić information content (AvgIpc) is 3.25. The number of nitrogens with one attached hydrogen (secondary N) is 2. The molecule has 9 nitrogen and oxygen atoms in total. The Morgan fingerprint density at radius 3 is 2.41 bits per heavy atom. The Bertz CT molecular complexity index is 1070. The van der Waals surface area contributed by atoms with Crippen LogP contribution in [0.1, 0.15) is 26.1 Å². The quantitative estimate of drug-likeness (QED) is 0.399. The molecule has 3 rings (SSSR count). The maximum Gasteiger partial charge on any atom is 0.321 e. The molecule has 0 atom stereocenters. The number of carbonyl (C=O) groups excluding carboxylic acids is 2. The molecule has 0 unspecified atom stereocenters. The molecule has 0 aliphatic rings. The van der Waals surface area contributed by atoms with Crippen LogP contribution < -0.4 is 20.1 Å². The number of methoxy groups -OCH3 is 1. The highest BCUT2D eigenvalue weighted by molar-refractivity contribution is 7.99. The number of aromatic nitrogens is 3. The van der Waals surface area contributed by atoms with E-state index in [1.807, 2.05) is 59.2 Å². The normalized spacial score (nSPS) is 10.7. The molecule has 0 saturated carbocycles. The van der Waals surface area contributed by atoms with Crippen molar-refractivity contribution in [3.63, 3.8) is 0 Å². The van der Waals surface area contributed by atoms with E-state index in [1.54, 1.807) is 7.11 Å². The lowest BCUT2D eigenvalue weighted by atomic mass is 10.1. The van der Waals surface area contributed by atoms with Gasteiger partial charge in [0.1, 0.15) is 18.1 Å². The third-order valence-corrected chi connectivity index (χ3v) is 5.66. The number of ether oxygens (including phenoxy) is 2. The number of rotatable bonds is 11. The van der Waals surface area contributed by atoms with Gasteiger partial charge in [0.15, 0.2) is 11.0 Å². The molecule has 180 valence electrons. The van der Waals surface area contributed by atoms with Crippen molar-refractivity contribution in [1.29, 1.82) is 0 Å². The largest absolute Gasteiger partial charge is 0.497 e. The molecule has 0 aliphatic heterocycles. The number of amides is 3. The number of para-hydroxylation sites is 1. The summed E-state index contributed by atoms with van der Waals surface area (Å²) in [5.41, 5.74) is 0.843. The molecular weight excluding hydrogens is 454 g/mol. The number of urea groups is 1. The van der Waals surface area contributed by atoms with Crippen molar-refractivity contribution < 1.29 is 19.1 Å². The van der Waals surface area contributed by atoms with E-state index in [4.69, 9.17) is 9.47 Å². The topological polar surface area (TPSA) is 107 Å². The number of nitrogens with zero attached hydrogens (tertiary/aromatic N) is 3. The lowest BCUT2D eigenvalue weighted by molar-refractivity contribution is -0.117. The van der Waals surface area contributed by atoms with Crippen LogP contribution in [0.5, 0.6) is 11.5 Å². The van der Waals surface area contributed by atoms with E-state index in [0.29, 0.717) is 29.2 Å². The number of benzene rings is 2. The van der Waals surface area contributed by atoms with E-state index in [0.717, 1.165) is 17.9 Å². The van der Waals surface area contributed by atoms with Crippen LogP contribution >= 0.6 is 11.8 Å². The number of carbonyl (C=O) groups is 2. The van der Waals surface area contributed by atoms with Crippen LogP contribution in [0.2, 0.25) is 0 Å². The first-order valence-corrected chi connectivity index (χ1v) is 11.9. The maximum atomic E-state index is 12.3. The monoisotopic (exact) mass is 483 g/mol. The van der Waals surface area contributed by atoms with Crippen molar-refractivity contribution >= 4 is 23.7 Å². The molecule has 0 saturated heterocycles. The highest BCUT2D eigenvalue weighted by Crippen LogP contribution is 2.23. The summed E-state index contributed by atoms with van der Waals surface area (Å²) in [4.78, 5) is 24.1. The van der Waals surface area contributed by atoms with Gasteiger partial charge in [-0.3, -0.25) is 14.7 Å². The fourth-order valence-electron chi connectivity index (χ4n) is 2.95. The van der Waals surface area contributed by atoms with Crippen molar-refractivity contribution in [2.45, 2.75) is 32.0 Å². The summed E-state index contributed by atoms with van der Waals surface area (Å²) < 4.78 is 12.9. The standard InChI is InChI=1S/C24H29N5O4S/c1-17(2)13-14-25-23(31)26-22(30)16-34-24-28-27-21(29(24)18-7-5-4-6-8-18)15-33-20-11-9-19(32-3)10-12-20/h4-12,17H,13-16H2,1-3H3,(H2,25,26,30,31). The fraction of sp³-hybridized carbons (Fsp3) is 0.333. The third kappa shape index (κ3) is 7.51. The third-order valence-electron chi connectivity index (χ3n) is 4.73. The van der Waals surface area contributed by atoms with Gasteiger partial charge in [0.05, 0.1) is 12.9 Å². The molecule has 3 amide bonds. The number of thioether (sulfide) groups is 1. The highest BCUT2D eigenvalue weighted by Gasteiger charge is 2.17. The van der Waals surface area contributed by atoms with Crippen LogP contribution in [0.25, 0.3) is 5.69 Å². The zero-order valence-corrected chi connectivity index (χ0v) is 20.3. The molecule has 0 radical (unpaired) electrons. The molecule has 10 heteroatoms. The Hall–Kier alpha value is -3.53. The minimum Gasteiger partial charge on any atom is -0.497 e. The predicted octanol–water partition coefficient (Wildman–Crippen LogP) is 3.82. The van der Waals surface area contributed by atoms with E-state index < -0.39 is 11.9 Å². The van der Waals surface area contributed by atoms with Gasteiger partial charge in [-0.15, -0.1) is 10.2 Å². The Kier molecular flexibility index (Phi) is 9.33. The van der Waals surface area contributed by atoms with Gasteiger partial charge in [-0.05, 0) is 48.7 Å². The van der Waals surface area contributed by atoms with Gasteiger partial charge >= 0.3 is 6.03 Å². The summed E-state index contributed by atoms with van der Waals surface area (Å²) in [5.74, 6) is 2.06. The second kappa shape index (κ2) is 12.6. The molecule has 1 aromatic heterocycles. The zero-order valence-electron chi connectivity index (χ0n) is 19.5. The summed E-state index contributed by atoms with van der Waals surface area (Å²) in [6, 6.07) is 16.3. The van der Waals surface area contributed by atoms with Gasteiger partial charge in [-0.1, -0.05) is 43.8 Å². The second-order valence-corrected chi connectivity index (χ2v) is 8.75.